The van der Waals surface area contributed by atoms with E-state index in [0.717, 1.165) is 18.8 Å². The van der Waals surface area contributed by atoms with Gasteiger partial charge in [-0.05, 0) is 24.3 Å². The molecule has 9 nitrogen and oxygen atoms in total. The van der Waals surface area contributed by atoms with E-state index in [1.807, 2.05) is 24.3 Å². The number of nitrogens with zero attached hydrogens (tertiary/aromatic N) is 3. The zero-order chi connectivity index (χ0) is 19.8. The lowest BCUT2D eigenvalue weighted by Crippen LogP contribution is -2.36. The van der Waals surface area contributed by atoms with E-state index >= 15 is 0 Å². The molecule has 1 heterocycles. The second-order valence-corrected chi connectivity index (χ2v) is 6.05. The normalized spacial score (nSPS) is 14.1. The number of rotatable bonds is 7. The summed E-state index contributed by atoms with van der Waals surface area (Å²) in [4.78, 5) is 29.3. The molecule has 28 heavy (non-hydrogen) atoms. The Morgan fingerprint density at radius 1 is 1.25 bits per heavy atom. The van der Waals surface area contributed by atoms with Gasteiger partial charge in [-0.15, -0.1) is 0 Å². The van der Waals surface area contributed by atoms with Gasteiger partial charge in [0.25, 0.3) is 11.6 Å². The fourth-order valence-electron chi connectivity index (χ4n) is 2.69. The summed E-state index contributed by atoms with van der Waals surface area (Å²) >= 11 is 0. The molecule has 1 fully saturated rings. The molecule has 0 aromatic heterocycles. The molecule has 0 aliphatic carbocycles. The van der Waals surface area contributed by atoms with Crippen LogP contribution in [0, 0.1) is 10.1 Å². The lowest BCUT2D eigenvalue weighted by molar-refractivity contribution is -0.384. The molecule has 0 atom stereocenters. The third-order valence-electron chi connectivity index (χ3n) is 4.08. The highest BCUT2D eigenvalue weighted by molar-refractivity contribution is 5.92. The van der Waals surface area contributed by atoms with Crippen LogP contribution in [0.1, 0.15) is 5.56 Å². The lowest BCUT2D eigenvalue weighted by Gasteiger charge is -2.28. The monoisotopic (exact) mass is 384 g/mol. The molecule has 146 valence electrons. The van der Waals surface area contributed by atoms with E-state index in [9.17, 15) is 14.9 Å². The number of anilines is 2. The molecule has 1 amide bonds. The Morgan fingerprint density at radius 3 is 2.71 bits per heavy atom. The van der Waals surface area contributed by atoms with Gasteiger partial charge in [0.05, 0.1) is 24.4 Å². The third kappa shape index (κ3) is 5.52. The molecule has 2 aromatic rings. The van der Waals surface area contributed by atoms with Crippen molar-refractivity contribution in [2.45, 2.75) is 0 Å². The number of nitro benzene ring substituents is 1. The van der Waals surface area contributed by atoms with Crippen molar-refractivity contribution >= 4 is 29.2 Å². The molecule has 1 N–H and O–H groups in total. The number of hydrogen-bond donors (Lipinski definition) is 1. The Labute approximate surface area is 161 Å². The second kappa shape index (κ2) is 9.47. The molecule has 1 saturated heterocycles. The molecule has 1 aliphatic rings. The lowest BCUT2D eigenvalue weighted by atomic mass is 10.2. The first-order valence-electron chi connectivity index (χ1n) is 8.74. The fourth-order valence-corrected chi connectivity index (χ4v) is 2.69. The Balaban J connectivity index is 1.45. The standard InChI is InChI=1S/C19H20N4O5/c24-19(14-28-20-13-15-2-1-3-18(12-15)23(25)26)21-16-4-6-17(7-5-16)22-8-10-27-11-9-22/h1-7,12-13H,8-11,14H2,(H,21,24)/b20-13-. The first-order chi connectivity index (χ1) is 13.6. The number of benzene rings is 2. The molecule has 0 radical (unpaired) electrons. The van der Waals surface area contributed by atoms with Gasteiger partial charge in [0.1, 0.15) is 0 Å². The summed E-state index contributed by atoms with van der Waals surface area (Å²) in [6.45, 7) is 2.86. The minimum Gasteiger partial charge on any atom is -0.386 e. The summed E-state index contributed by atoms with van der Waals surface area (Å²) < 4.78 is 5.33. The van der Waals surface area contributed by atoms with Crippen molar-refractivity contribution in [3.8, 4) is 0 Å². The van der Waals surface area contributed by atoms with E-state index in [0.29, 0.717) is 24.5 Å². The number of non-ortho nitro benzene ring substituents is 1. The predicted molar refractivity (Wildman–Crippen MR) is 105 cm³/mol. The molecule has 1 aliphatic heterocycles. The average Bonchev–Trinajstić information content (AvgIpc) is 2.73. The molecule has 0 spiro atoms. The summed E-state index contributed by atoms with van der Waals surface area (Å²) in [6.07, 6.45) is 1.32. The number of oxime groups is 1. The maximum absolute atomic E-state index is 11.9. The van der Waals surface area contributed by atoms with Crippen LogP contribution in [0.2, 0.25) is 0 Å². The molecule has 0 bridgehead atoms. The number of morpholine rings is 1. The SMILES string of the molecule is O=C(CO/N=C\c1cccc([N+](=O)[O-])c1)Nc1ccc(N2CCOCC2)cc1. The molecular formula is C19H20N4O5. The van der Waals surface area contributed by atoms with Crippen molar-refractivity contribution in [3.63, 3.8) is 0 Å². The van der Waals surface area contributed by atoms with E-state index in [1.54, 1.807) is 12.1 Å². The van der Waals surface area contributed by atoms with Gasteiger partial charge in [-0.25, -0.2) is 0 Å². The van der Waals surface area contributed by atoms with Gasteiger partial charge >= 0.3 is 0 Å². The zero-order valence-electron chi connectivity index (χ0n) is 15.1. The number of nitrogens with one attached hydrogen (secondary N) is 1. The van der Waals surface area contributed by atoms with Crippen LogP contribution < -0.4 is 10.2 Å². The highest BCUT2D eigenvalue weighted by Gasteiger charge is 2.11. The number of carbonyl (C=O) groups excluding carboxylic acids is 1. The third-order valence-corrected chi connectivity index (χ3v) is 4.08. The van der Waals surface area contributed by atoms with E-state index in [1.165, 1.54) is 18.3 Å². The first-order valence-corrected chi connectivity index (χ1v) is 8.74. The molecule has 3 rings (SSSR count). The summed E-state index contributed by atoms with van der Waals surface area (Å²) in [5.74, 6) is -0.352. The number of carbonyl (C=O) groups is 1. The molecular weight excluding hydrogens is 364 g/mol. The van der Waals surface area contributed by atoms with Crippen molar-refractivity contribution in [2.75, 3.05) is 43.1 Å². The fraction of sp³-hybridized carbons (Fsp3) is 0.263. The summed E-state index contributed by atoms with van der Waals surface area (Å²) in [7, 11) is 0. The van der Waals surface area contributed by atoms with E-state index in [4.69, 9.17) is 9.57 Å². The minimum absolute atomic E-state index is 0.0396. The molecule has 0 unspecified atom stereocenters. The Kier molecular flexibility index (Phi) is 6.53. The summed E-state index contributed by atoms with van der Waals surface area (Å²) in [6, 6.07) is 13.5. The van der Waals surface area contributed by atoms with Gasteiger partial charge in [0.15, 0.2) is 6.61 Å². The first kappa shape index (κ1) is 19.3. The summed E-state index contributed by atoms with van der Waals surface area (Å²) in [5, 5.41) is 17.1. The Morgan fingerprint density at radius 2 is 2.00 bits per heavy atom. The predicted octanol–water partition coefficient (Wildman–Crippen LogP) is 2.42. The largest absolute Gasteiger partial charge is 0.386 e. The van der Waals surface area contributed by atoms with Crippen LogP contribution in [0.25, 0.3) is 0 Å². The van der Waals surface area contributed by atoms with Gasteiger partial charge in [-0.2, -0.15) is 0 Å². The van der Waals surface area contributed by atoms with Crippen LogP contribution in [0.15, 0.2) is 53.7 Å². The number of hydrogen-bond acceptors (Lipinski definition) is 7. The number of nitro groups is 1. The van der Waals surface area contributed by atoms with Crippen LogP contribution in [-0.4, -0.2) is 50.0 Å². The quantitative estimate of drug-likeness (QED) is 0.446. The number of amides is 1. The number of ether oxygens (including phenoxy) is 1. The van der Waals surface area contributed by atoms with E-state index in [-0.39, 0.29) is 18.2 Å². The average molecular weight is 384 g/mol. The molecule has 0 saturated carbocycles. The van der Waals surface area contributed by atoms with E-state index in [2.05, 4.69) is 15.4 Å². The van der Waals surface area contributed by atoms with Crippen LogP contribution in [-0.2, 0) is 14.4 Å². The zero-order valence-corrected chi connectivity index (χ0v) is 15.1. The van der Waals surface area contributed by atoms with Crippen LogP contribution >= 0.6 is 0 Å². The van der Waals surface area contributed by atoms with Gasteiger partial charge in [0, 0.05) is 42.2 Å². The van der Waals surface area contributed by atoms with Crippen LogP contribution in [0.3, 0.4) is 0 Å². The molecule has 9 heteroatoms. The Bertz CT molecular complexity index is 848. The van der Waals surface area contributed by atoms with Crippen molar-refractivity contribution in [1.29, 1.82) is 0 Å². The smallest absolute Gasteiger partial charge is 0.270 e. The van der Waals surface area contributed by atoms with Gasteiger partial charge in [-0.1, -0.05) is 17.3 Å². The highest BCUT2D eigenvalue weighted by atomic mass is 16.6. The van der Waals surface area contributed by atoms with Gasteiger partial charge in [-0.3, -0.25) is 14.9 Å². The molecule has 2 aromatic carbocycles. The van der Waals surface area contributed by atoms with Crippen LogP contribution in [0.4, 0.5) is 17.1 Å². The topological polar surface area (TPSA) is 106 Å². The second-order valence-electron chi connectivity index (χ2n) is 6.05. The summed E-state index contributed by atoms with van der Waals surface area (Å²) in [5.41, 5.74) is 2.21. The van der Waals surface area contributed by atoms with Crippen molar-refractivity contribution in [1.82, 2.24) is 0 Å². The maximum Gasteiger partial charge on any atom is 0.270 e. The van der Waals surface area contributed by atoms with Crippen molar-refractivity contribution in [3.05, 3.63) is 64.2 Å². The van der Waals surface area contributed by atoms with Crippen molar-refractivity contribution < 1.29 is 19.3 Å². The van der Waals surface area contributed by atoms with Gasteiger partial charge in [0.2, 0.25) is 0 Å². The van der Waals surface area contributed by atoms with Crippen LogP contribution in [0.5, 0.6) is 0 Å². The minimum atomic E-state index is -0.490. The van der Waals surface area contributed by atoms with E-state index < -0.39 is 4.92 Å². The van der Waals surface area contributed by atoms with Crippen molar-refractivity contribution in [2.24, 2.45) is 5.16 Å². The Hall–Kier alpha value is -3.46. The van der Waals surface area contributed by atoms with Gasteiger partial charge < -0.3 is 19.8 Å². The highest BCUT2D eigenvalue weighted by Crippen LogP contribution is 2.19. The maximum atomic E-state index is 11.9.